The molecule has 1 aromatic rings. The number of nitrogens with one attached hydrogen (secondary N) is 1. The highest BCUT2D eigenvalue weighted by atomic mass is 16.5. The smallest absolute Gasteiger partial charge is 0.224 e. The van der Waals surface area contributed by atoms with E-state index < -0.39 is 0 Å². The molecule has 0 aliphatic carbocycles. The van der Waals surface area contributed by atoms with Crippen LogP contribution in [0.5, 0.6) is 0 Å². The van der Waals surface area contributed by atoms with Gasteiger partial charge < -0.3 is 20.7 Å². The van der Waals surface area contributed by atoms with E-state index in [4.69, 9.17) is 10.5 Å². The number of methoxy groups -OCH3 is 1. The minimum atomic E-state index is 0.0398. The Balaban J connectivity index is 2.13. The van der Waals surface area contributed by atoms with Crippen LogP contribution in [0, 0.1) is 0 Å². The molecule has 0 aromatic carbocycles. The summed E-state index contributed by atoms with van der Waals surface area (Å²) in [6.07, 6.45) is 1.81. The van der Waals surface area contributed by atoms with Gasteiger partial charge in [0.2, 0.25) is 5.95 Å². The normalized spacial score (nSPS) is 24.8. The van der Waals surface area contributed by atoms with Crippen LogP contribution in [0.3, 0.4) is 0 Å². The first kappa shape index (κ1) is 11.1. The van der Waals surface area contributed by atoms with Crippen LogP contribution in [0.4, 0.5) is 11.8 Å². The van der Waals surface area contributed by atoms with E-state index in [1.165, 1.54) is 0 Å². The highest BCUT2D eigenvalue weighted by Gasteiger charge is 2.30. The molecule has 2 atom stereocenters. The summed E-state index contributed by atoms with van der Waals surface area (Å²) in [5.41, 5.74) is 5.96. The third-order valence-electron chi connectivity index (χ3n) is 2.80. The monoisotopic (exact) mass is 223 g/mol. The van der Waals surface area contributed by atoms with E-state index in [9.17, 15) is 0 Å². The number of ether oxygens (including phenoxy) is 1. The summed E-state index contributed by atoms with van der Waals surface area (Å²) in [4.78, 5) is 10.6. The predicted molar refractivity (Wildman–Crippen MR) is 62.6 cm³/mol. The maximum absolute atomic E-state index is 5.96. The SMILES string of the molecule is CNc1nccc(N2CC(N)C(OC)C2)n1. The Kier molecular flexibility index (Phi) is 3.21. The summed E-state index contributed by atoms with van der Waals surface area (Å²) in [6.45, 7) is 1.54. The van der Waals surface area contributed by atoms with Gasteiger partial charge in [0, 0.05) is 33.4 Å². The van der Waals surface area contributed by atoms with E-state index in [-0.39, 0.29) is 12.1 Å². The Hall–Kier alpha value is -1.40. The lowest BCUT2D eigenvalue weighted by atomic mass is 10.2. The molecule has 2 unspecified atom stereocenters. The van der Waals surface area contributed by atoms with Gasteiger partial charge in [0.15, 0.2) is 0 Å². The van der Waals surface area contributed by atoms with E-state index >= 15 is 0 Å². The van der Waals surface area contributed by atoms with Crippen LogP contribution in [0.1, 0.15) is 0 Å². The van der Waals surface area contributed by atoms with Crippen molar-refractivity contribution in [1.29, 1.82) is 0 Å². The minimum Gasteiger partial charge on any atom is -0.378 e. The maximum atomic E-state index is 5.96. The molecule has 6 nitrogen and oxygen atoms in total. The van der Waals surface area contributed by atoms with Crippen molar-refractivity contribution < 1.29 is 4.74 Å². The molecule has 1 aromatic heterocycles. The Morgan fingerprint density at radius 3 is 3.00 bits per heavy atom. The van der Waals surface area contributed by atoms with E-state index in [1.54, 1.807) is 20.4 Å². The quantitative estimate of drug-likeness (QED) is 0.731. The van der Waals surface area contributed by atoms with Gasteiger partial charge in [0.05, 0.1) is 12.1 Å². The molecule has 6 heteroatoms. The largest absolute Gasteiger partial charge is 0.378 e. The topological polar surface area (TPSA) is 76.3 Å². The lowest BCUT2D eigenvalue weighted by Gasteiger charge is -2.16. The lowest BCUT2D eigenvalue weighted by molar-refractivity contribution is 0.108. The summed E-state index contributed by atoms with van der Waals surface area (Å²) in [7, 11) is 3.49. The van der Waals surface area contributed by atoms with Crippen LogP contribution >= 0.6 is 0 Å². The van der Waals surface area contributed by atoms with Crippen LogP contribution in [0.15, 0.2) is 12.3 Å². The van der Waals surface area contributed by atoms with Gasteiger partial charge in [-0.25, -0.2) is 4.98 Å². The first-order valence-electron chi connectivity index (χ1n) is 5.28. The highest BCUT2D eigenvalue weighted by molar-refractivity contribution is 5.44. The molecule has 2 rings (SSSR count). The molecule has 0 amide bonds. The highest BCUT2D eigenvalue weighted by Crippen LogP contribution is 2.19. The molecule has 16 heavy (non-hydrogen) atoms. The Bertz CT molecular complexity index is 359. The minimum absolute atomic E-state index is 0.0398. The van der Waals surface area contributed by atoms with Crippen LogP contribution in [-0.2, 0) is 4.74 Å². The van der Waals surface area contributed by atoms with E-state index in [0.717, 1.165) is 18.9 Å². The van der Waals surface area contributed by atoms with Gasteiger partial charge in [-0.1, -0.05) is 0 Å². The van der Waals surface area contributed by atoms with Gasteiger partial charge in [-0.05, 0) is 6.07 Å². The fourth-order valence-corrected chi connectivity index (χ4v) is 1.88. The van der Waals surface area contributed by atoms with Crippen molar-refractivity contribution in [2.24, 2.45) is 5.73 Å². The second-order valence-electron chi connectivity index (χ2n) is 3.83. The lowest BCUT2D eigenvalue weighted by Crippen LogP contribution is -2.34. The second-order valence-corrected chi connectivity index (χ2v) is 3.83. The van der Waals surface area contributed by atoms with Gasteiger partial charge in [0.1, 0.15) is 5.82 Å². The van der Waals surface area contributed by atoms with Crippen molar-refractivity contribution in [3.05, 3.63) is 12.3 Å². The molecule has 0 spiro atoms. The van der Waals surface area contributed by atoms with Crippen molar-refractivity contribution in [1.82, 2.24) is 9.97 Å². The van der Waals surface area contributed by atoms with E-state index in [2.05, 4.69) is 20.2 Å². The summed E-state index contributed by atoms with van der Waals surface area (Å²) in [5.74, 6) is 1.50. The first-order chi connectivity index (χ1) is 7.74. The maximum Gasteiger partial charge on any atom is 0.224 e. The molecule has 3 N–H and O–H groups in total. The Morgan fingerprint density at radius 2 is 2.38 bits per heavy atom. The number of hydrogen-bond donors (Lipinski definition) is 2. The van der Waals surface area contributed by atoms with Crippen molar-refractivity contribution in [3.8, 4) is 0 Å². The molecule has 0 radical (unpaired) electrons. The molecule has 2 heterocycles. The number of hydrogen-bond acceptors (Lipinski definition) is 6. The molecule has 88 valence electrons. The van der Waals surface area contributed by atoms with Crippen molar-refractivity contribution >= 4 is 11.8 Å². The number of anilines is 2. The zero-order chi connectivity index (χ0) is 11.5. The fraction of sp³-hybridized carbons (Fsp3) is 0.600. The van der Waals surface area contributed by atoms with Crippen LogP contribution in [0.25, 0.3) is 0 Å². The molecule has 1 aliphatic rings. The van der Waals surface area contributed by atoms with Crippen LogP contribution in [-0.4, -0.2) is 49.4 Å². The molecule has 0 saturated carbocycles. The first-order valence-corrected chi connectivity index (χ1v) is 5.28. The molecule has 1 aliphatic heterocycles. The molecular formula is C10H17N5O. The van der Waals surface area contributed by atoms with Gasteiger partial charge in [0.25, 0.3) is 0 Å². The van der Waals surface area contributed by atoms with Gasteiger partial charge in [-0.3, -0.25) is 0 Å². The molecule has 1 fully saturated rings. The zero-order valence-corrected chi connectivity index (χ0v) is 9.55. The van der Waals surface area contributed by atoms with Gasteiger partial charge >= 0.3 is 0 Å². The van der Waals surface area contributed by atoms with Gasteiger partial charge in [-0.2, -0.15) is 4.98 Å². The molecular weight excluding hydrogens is 206 g/mol. The average Bonchev–Trinajstić information content (AvgIpc) is 2.71. The Morgan fingerprint density at radius 1 is 1.56 bits per heavy atom. The van der Waals surface area contributed by atoms with Crippen molar-refractivity contribution in [2.75, 3.05) is 37.5 Å². The van der Waals surface area contributed by atoms with Gasteiger partial charge in [-0.15, -0.1) is 0 Å². The predicted octanol–water partition coefficient (Wildman–Crippen LogP) is -0.319. The summed E-state index contributed by atoms with van der Waals surface area (Å²) in [5, 5.41) is 2.92. The third-order valence-corrected chi connectivity index (χ3v) is 2.80. The number of nitrogens with two attached hydrogens (primary N) is 1. The van der Waals surface area contributed by atoms with Crippen LogP contribution < -0.4 is 16.0 Å². The summed E-state index contributed by atoms with van der Waals surface area (Å²) in [6, 6.07) is 1.92. The zero-order valence-electron chi connectivity index (χ0n) is 9.55. The van der Waals surface area contributed by atoms with Crippen molar-refractivity contribution in [2.45, 2.75) is 12.1 Å². The standard InChI is InChI=1S/C10H17N5O/c1-12-10-13-4-3-9(14-10)15-5-7(11)8(6-15)16-2/h3-4,7-8H,5-6,11H2,1-2H3,(H,12,13,14). The fourth-order valence-electron chi connectivity index (χ4n) is 1.88. The van der Waals surface area contributed by atoms with Crippen molar-refractivity contribution in [3.63, 3.8) is 0 Å². The van der Waals surface area contributed by atoms with Crippen LogP contribution in [0.2, 0.25) is 0 Å². The Labute approximate surface area is 94.8 Å². The number of aromatic nitrogens is 2. The molecule has 1 saturated heterocycles. The summed E-state index contributed by atoms with van der Waals surface area (Å²) >= 11 is 0. The number of nitrogens with zero attached hydrogens (tertiary/aromatic N) is 3. The third kappa shape index (κ3) is 2.07. The van der Waals surface area contributed by atoms with E-state index in [0.29, 0.717) is 5.95 Å². The second kappa shape index (κ2) is 4.63. The summed E-state index contributed by atoms with van der Waals surface area (Å²) < 4.78 is 5.31. The van der Waals surface area contributed by atoms with E-state index in [1.807, 2.05) is 6.07 Å². The molecule has 0 bridgehead atoms. The average molecular weight is 223 g/mol. The number of rotatable bonds is 3.